The Morgan fingerprint density at radius 1 is 1.41 bits per heavy atom. The number of H-pyrrole nitrogens is 1. The molecule has 0 saturated heterocycles. The van der Waals surface area contributed by atoms with Crippen molar-refractivity contribution in [2.24, 2.45) is 0 Å². The number of aromatic amines is 1. The highest BCUT2D eigenvalue weighted by atomic mass is 19.1. The molecule has 1 aromatic carbocycles. The third-order valence-corrected chi connectivity index (χ3v) is 2.51. The molecule has 17 heavy (non-hydrogen) atoms. The summed E-state index contributed by atoms with van der Waals surface area (Å²) in [6.07, 6.45) is 0.792. The summed E-state index contributed by atoms with van der Waals surface area (Å²) in [6.45, 7) is 2.35. The van der Waals surface area contributed by atoms with Crippen LogP contribution in [0.2, 0.25) is 0 Å². The molecule has 0 aliphatic carbocycles. The molecule has 1 heterocycles. The highest BCUT2D eigenvalue weighted by Crippen LogP contribution is 2.12. The summed E-state index contributed by atoms with van der Waals surface area (Å²) >= 11 is 0. The van der Waals surface area contributed by atoms with Gasteiger partial charge in [0.15, 0.2) is 0 Å². The molecule has 0 aliphatic heterocycles. The van der Waals surface area contributed by atoms with Gasteiger partial charge in [-0.15, -0.1) is 0 Å². The van der Waals surface area contributed by atoms with Gasteiger partial charge in [-0.2, -0.15) is 0 Å². The van der Waals surface area contributed by atoms with Crippen molar-refractivity contribution in [3.05, 3.63) is 29.8 Å². The molecule has 5 heteroatoms. The smallest absolute Gasteiger partial charge is 0.125 e. The van der Waals surface area contributed by atoms with Gasteiger partial charge in [-0.05, 0) is 18.2 Å². The number of aromatic nitrogens is 2. The van der Waals surface area contributed by atoms with Gasteiger partial charge in [0, 0.05) is 26.6 Å². The minimum Gasteiger partial charge on any atom is -0.383 e. The number of methoxy groups -OCH3 is 1. The molecular formula is C12H16FN3O. The number of halogens is 1. The molecule has 2 rings (SSSR count). The van der Waals surface area contributed by atoms with Crippen LogP contribution in [0.3, 0.4) is 0 Å². The molecule has 4 nitrogen and oxygen atoms in total. The number of imidazole rings is 1. The van der Waals surface area contributed by atoms with Crippen LogP contribution < -0.4 is 5.32 Å². The topological polar surface area (TPSA) is 49.9 Å². The van der Waals surface area contributed by atoms with E-state index >= 15 is 0 Å². The quantitative estimate of drug-likeness (QED) is 0.748. The lowest BCUT2D eigenvalue weighted by atomic mass is 10.3. The Morgan fingerprint density at radius 3 is 3.12 bits per heavy atom. The van der Waals surface area contributed by atoms with E-state index in [0.717, 1.165) is 36.4 Å². The first-order valence-electron chi connectivity index (χ1n) is 5.63. The molecule has 0 atom stereocenters. The van der Waals surface area contributed by atoms with Crippen LogP contribution in [0.5, 0.6) is 0 Å². The second kappa shape index (κ2) is 5.75. The summed E-state index contributed by atoms with van der Waals surface area (Å²) in [5.74, 6) is 0.626. The zero-order valence-corrected chi connectivity index (χ0v) is 9.79. The Balaban J connectivity index is 1.91. The van der Waals surface area contributed by atoms with E-state index in [2.05, 4.69) is 15.3 Å². The lowest BCUT2D eigenvalue weighted by Gasteiger charge is -2.01. The Morgan fingerprint density at radius 2 is 2.29 bits per heavy atom. The number of benzene rings is 1. The minimum atomic E-state index is -0.245. The second-order valence-corrected chi connectivity index (χ2v) is 3.84. The molecule has 2 aromatic rings. The van der Waals surface area contributed by atoms with Crippen LogP contribution in [0.25, 0.3) is 11.0 Å². The highest BCUT2D eigenvalue weighted by Gasteiger charge is 2.03. The van der Waals surface area contributed by atoms with Gasteiger partial charge >= 0.3 is 0 Å². The van der Waals surface area contributed by atoms with Crippen LogP contribution in [0.15, 0.2) is 18.2 Å². The number of hydrogen-bond donors (Lipinski definition) is 2. The zero-order chi connectivity index (χ0) is 12.1. The van der Waals surface area contributed by atoms with E-state index < -0.39 is 0 Å². The van der Waals surface area contributed by atoms with Crippen molar-refractivity contribution in [2.45, 2.75) is 6.42 Å². The summed E-state index contributed by atoms with van der Waals surface area (Å²) < 4.78 is 17.9. The average Bonchev–Trinajstić information content (AvgIpc) is 2.70. The molecule has 2 N–H and O–H groups in total. The van der Waals surface area contributed by atoms with Crippen molar-refractivity contribution in [1.82, 2.24) is 15.3 Å². The van der Waals surface area contributed by atoms with Crippen molar-refractivity contribution < 1.29 is 9.13 Å². The molecule has 0 fully saturated rings. The Kier molecular flexibility index (Phi) is 4.06. The summed E-state index contributed by atoms with van der Waals surface area (Å²) in [5, 5.41) is 3.23. The fraction of sp³-hybridized carbons (Fsp3) is 0.417. The van der Waals surface area contributed by atoms with Crippen molar-refractivity contribution in [1.29, 1.82) is 0 Å². The van der Waals surface area contributed by atoms with Crippen LogP contribution in [-0.4, -0.2) is 36.8 Å². The van der Waals surface area contributed by atoms with E-state index in [1.54, 1.807) is 13.2 Å². The molecule has 0 bridgehead atoms. The van der Waals surface area contributed by atoms with Gasteiger partial charge in [0.05, 0.1) is 17.6 Å². The molecule has 0 spiro atoms. The normalized spacial score (nSPS) is 11.2. The summed E-state index contributed by atoms with van der Waals surface area (Å²) in [5.41, 5.74) is 1.55. The van der Waals surface area contributed by atoms with E-state index in [1.165, 1.54) is 12.1 Å². The van der Waals surface area contributed by atoms with Crippen LogP contribution in [0, 0.1) is 5.82 Å². The maximum Gasteiger partial charge on any atom is 0.125 e. The van der Waals surface area contributed by atoms with E-state index in [-0.39, 0.29) is 5.82 Å². The SMILES string of the molecule is COCCNCCc1nc2ccc(F)cc2[nH]1. The number of hydrogen-bond acceptors (Lipinski definition) is 3. The van der Waals surface area contributed by atoms with Crippen molar-refractivity contribution in [3.63, 3.8) is 0 Å². The van der Waals surface area contributed by atoms with Gasteiger partial charge in [0.25, 0.3) is 0 Å². The first-order valence-corrected chi connectivity index (χ1v) is 5.63. The number of rotatable bonds is 6. The van der Waals surface area contributed by atoms with Gasteiger partial charge in [-0.3, -0.25) is 0 Å². The lowest BCUT2D eigenvalue weighted by Crippen LogP contribution is -2.22. The Labute approximate surface area is 99.2 Å². The predicted octanol–water partition coefficient (Wildman–Crippen LogP) is 1.48. The van der Waals surface area contributed by atoms with Crippen LogP contribution in [0.4, 0.5) is 4.39 Å². The van der Waals surface area contributed by atoms with Gasteiger partial charge < -0.3 is 15.0 Å². The molecule has 1 aromatic heterocycles. The predicted molar refractivity (Wildman–Crippen MR) is 64.5 cm³/mol. The first kappa shape index (κ1) is 12.0. The molecule has 0 aliphatic rings. The Bertz CT molecular complexity index is 484. The highest BCUT2D eigenvalue weighted by molar-refractivity contribution is 5.74. The van der Waals surface area contributed by atoms with E-state index in [1.807, 2.05) is 0 Å². The number of nitrogens with zero attached hydrogens (tertiary/aromatic N) is 1. The second-order valence-electron chi connectivity index (χ2n) is 3.84. The van der Waals surface area contributed by atoms with E-state index in [0.29, 0.717) is 6.61 Å². The summed E-state index contributed by atoms with van der Waals surface area (Å²) in [4.78, 5) is 7.48. The van der Waals surface area contributed by atoms with Gasteiger partial charge in [-0.1, -0.05) is 0 Å². The van der Waals surface area contributed by atoms with Crippen LogP contribution in [0.1, 0.15) is 5.82 Å². The number of ether oxygens (including phenoxy) is 1. The monoisotopic (exact) mass is 237 g/mol. The zero-order valence-electron chi connectivity index (χ0n) is 9.79. The fourth-order valence-corrected chi connectivity index (χ4v) is 1.66. The number of nitrogens with one attached hydrogen (secondary N) is 2. The molecule has 0 amide bonds. The fourth-order valence-electron chi connectivity index (χ4n) is 1.66. The average molecular weight is 237 g/mol. The third kappa shape index (κ3) is 3.25. The molecule has 0 radical (unpaired) electrons. The van der Waals surface area contributed by atoms with Crippen LogP contribution >= 0.6 is 0 Å². The standard InChI is InChI=1S/C12H16FN3O/c1-17-7-6-14-5-4-12-15-10-3-2-9(13)8-11(10)16-12/h2-3,8,14H,4-7H2,1H3,(H,15,16). The first-order chi connectivity index (χ1) is 8.29. The maximum atomic E-state index is 13.0. The number of fused-ring (bicyclic) bond motifs is 1. The lowest BCUT2D eigenvalue weighted by molar-refractivity contribution is 0.199. The molecule has 0 unspecified atom stereocenters. The largest absolute Gasteiger partial charge is 0.383 e. The Hall–Kier alpha value is -1.46. The van der Waals surface area contributed by atoms with Crippen molar-refractivity contribution in [2.75, 3.05) is 26.8 Å². The summed E-state index contributed by atoms with van der Waals surface area (Å²) in [7, 11) is 1.68. The van der Waals surface area contributed by atoms with Gasteiger partial charge in [0.2, 0.25) is 0 Å². The van der Waals surface area contributed by atoms with Crippen molar-refractivity contribution >= 4 is 11.0 Å². The van der Waals surface area contributed by atoms with Crippen LogP contribution in [-0.2, 0) is 11.2 Å². The molecule has 92 valence electrons. The maximum absolute atomic E-state index is 13.0. The van der Waals surface area contributed by atoms with Gasteiger partial charge in [0.1, 0.15) is 11.6 Å². The van der Waals surface area contributed by atoms with E-state index in [9.17, 15) is 4.39 Å². The van der Waals surface area contributed by atoms with Gasteiger partial charge in [-0.25, -0.2) is 9.37 Å². The minimum absolute atomic E-state index is 0.245. The molecule has 0 saturated carbocycles. The summed E-state index contributed by atoms with van der Waals surface area (Å²) in [6, 6.07) is 4.57. The third-order valence-electron chi connectivity index (χ3n) is 2.51. The van der Waals surface area contributed by atoms with Crippen molar-refractivity contribution in [3.8, 4) is 0 Å². The molecular weight excluding hydrogens is 221 g/mol. The van der Waals surface area contributed by atoms with E-state index in [4.69, 9.17) is 4.74 Å².